The third kappa shape index (κ3) is 3.61. The van der Waals surface area contributed by atoms with Gasteiger partial charge in [0.15, 0.2) is 0 Å². The molecule has 4 nitrogen and oxygen atoms in total. The minimum absolute atomic E-state index is 0.476. The molecule has 0 N–H and O–H groups in total. The third-order valence-corrected chi connectivity index (χ3v) is 3.18. The quantitative estimate of drug-likeness (QED) is 0.792. The Kier molecular flexibility index (Phi) is 4.79. The van der Waals surface area contributed by atoms with Gasteiger partial charge in [-0.05, 0) is 17.7 Å². The molecule has 106 valence electrons. The summed E-state index contributed by atoms with van der Waals surface area (Å²) in [6.45, 7) is 2.74. The molecule has 5 heteroatoms. The number of benzene rings is 1. The van der Waals surface area contributed by atoms with E-state index in [9.17, 15) is 0 Å². The summed E-state index contributed by atoms with van der Waals surface area (Å²) >= 11 is 6.03. The van der Waals surface area contributed by atoms with Crippen LogP contribution < -0.4 is 9.64 Å². The van der Waals surface area contributed by atoms with Gasteiger partial charge >= 0.3 is 0 Å². The molecule has 0 radical (unpaired) electrons. The Morgan fingerprint density at radius 3 is 2.75 bits per heavy atom. The van der Waals surface area contributed by atoms with Crippen LogP contribution in [0.5, 0.6) is 5.75 Å². The fraction of sp³-hybridized carbons (Fsp3) is 0.333. The van der Waals surface area contributed by atoms with E-state index in [1.165, 1.54) is 0 Å². The van der Waals surface area contributed by atoms with E-state index in [0.717, 1.165) is 35.9 Å². The van der Waals surface area contributed by atoms with E-state index in [4.69, 9.17) is 16.3 Å². The molecule has 0 fully saturated rings. The molecule has 0 unspecified atom stereocenters. The van der Waals surface area contributed by atoms with Crippen LogP contribution in [0, 0.1) is 0 Å². The van der Waals surface area contributed by atoms with Gasteiger partial charge in [-0.25, -0.2) is 9.97 Å². The largest absolute Gasteiger partial charge is 0.497 e. The number of methoxy groups -OCH3 is 1. The van der Waals surface area contributed by atoms with E-state index in [-0.39, 0.29) is 0 Å². The number of aryl methyl sites for hydroxylation is 1. The average molecular weight is 292 g/mol. The molecule has 0 saturated carbocycles. The first-order valence-corrected chi connectivity index (χ1v) is 6.87. The molecular formula is C15H18ClN3O. The van der Waals surface area contributed by atoms with Crippen molar-refractivity contribution in [1.82, 2.24) is 9.97 Å². The van der Waals surface area contributed by atoms with E-state index >= 15 is 0 Å². The van der Waals surface area contributed by atoms with Gasteiger partial charge in [0.1, 0.15) is 22.5 Å². The molecule has 2 aromatic rings. The van der Waals surface area contributed by atoms with Crippen LogP contribution in [0.2, 0.25) is 5.15 Å². The Bertz CT molecular complexity index is 589. The van der Waals surface area contributed by atoms with E-state index in [2.05, 4.69) is 16.0 Å². The van der Waals surface area contributed by atoms with Gasteiger partial charge in [0.2, 0.25) is 0 Å². The van der Waals surface area contributed by atoms with E-state index in [1.54, 1.807) is 13.2 Å². The van der Waals surface area contributed by atoms with Gasteiger partial charge in [0.05, 0.1) is 7.11 Å². The average Bonchev–Trinajstić information content (AvgIpc) is 2.46. The standard InChI is InChI=1S/C15H18ClN3O/c1-4-14-17-13(16)9-15(18-14)19(2)10-11-6-5-7-12(8-11)20-3/h5-9H,4,10H2,1-3H3. The molecule has 0 aliphatic carbocycles. The van der Waals surface area contributed by atoms with Crippen LogP contribution >= 0.6 is 11.6 Å². The van der Waals surface area contributed by atoms with Crippen LogP contribution in [-0.4, -0.2) is 24.1 Å². The zero-order valence-electron chi connectivity index (χ0n) is 11.9. The first kappa shape index (κ1) is 14.6. The normalized spacial score (nSPS) is 10.4. The molecule has 0 atom stereocenters. The van der Waals surface area contributed by atoms with Crippen molar-refractivity contribution in [1.29, 1.82) is 0 Å². The van der Waals surface area contributed by atoms with Gasteiger partial charge in [-0.1, -0.05) is 30.7 Å². The highest BCUT2D eigenvalue weighted by atomic mass is 35.5. The summed E-state index contributed by atoms with van der Waals surface area (Å²) < 4.78 is 5.23. The highest BCUT2D eigenvalue weighted by Crippen LogP contribution is 2.19. The van der Waals surface area contributed by atoms with Gasteiger partial charge in [0.25, 0.3) is 0 Å². The van der Waals surface area contributed by atoms with Crippen molar-refractivity contribution in [2.24, 2.45) is 0 Å². The maximum absolute atomic E-state index is 6.03. The van der Waals surface area contributed by atoms with Crippen LogP contribution in [0.1, 0.15) is 18.3 Å². The first-order chi connectivity index (χ1) is 9.62. The summed E-state index contributed by atoms with van der Waals surface area (Å²) in [6, 6.07) is 9.76. The van der Waals surface area contributed by atoms with Crippen molar-refractivity contribution in [3.8, 4) is 5.75 Å². The van der Waals surface area contributed by atoms with Crippen LogP contribution in [0.15, 0.2) is 30.3 Å². The van der Waals surface area contributed by atoms with Crippen molar-refractivity contribution < 1.29 is 4.74 Å². The van der Waals surface area contributed by atoms with Crippen molar-refractivity contribution in [3.05, 3.63) is 46.9 Å². The molecular weight excluding hydrogens is 274 g/mol. The minimum Gasteiger partial charge on any atom is -0.497 e. The summed E-state index contributed by atoms with van der Waals surface area (Å²) in [5.41, 5.74) is 1.15. The number of hydrogen-bond donors (Lipinski definition) is 0. The maximum Gasteiger partial charge on any atom is 0.134 e. The Labute approximate surface area is 124 Å². The monoisotopic (exact) mass is 291 g/mol. The smallest absolute Gasteiger partial charge is 0.134 e. The number of halogens is 1. The molecule has 0 spiro atoms. The fourth-order valence-corrected chi connectivity index (χ4v) is 2.13. The summed E-state index contributed by atoms with van der Waals surface area (Å²) in [4.78, 5) is 10.7. The number of nitrogens with zero attached hydrogens (tertiary/aromatic N) is 3. The van der Waals surface area contributed by atoms with Crippen molar-refractivity contribution >= 4 is 17.4 Å². The second-order valence-electron chi connectivity index (χ2n) is 4.53. The topological polar surface area (TPSA) is 38.2 Å². The Morgan fingerprint density at radius 2 is 2.05 bits per heavy atom. The Balaban J connectivity index is 2.18. The maximum atomic E-state index is 6.03. The van der Waals surface area contributed by atoms with Crippen LogP contribution in [0.3, 0.4) is 0 Å². The minimum atomic E-state index is 0.476. The summed E-state index contributed by atoms with van der Waals surface area (Å²) in [5, 5.41) is 0.476. The summed E-state index contributed by atoms with van der Waals surface area (Å²) in [7, 11) is 3.65. The zero-order chi connectivity index (χ0) is 14.5. The van der Waals surface area contributed by atoms with Crippen LogP contribution in [-0.2, 0) is 13.0 Å². The molecule has 0 aliphatic rings. The lowest BCUT2D eigenvalue weighted by molar-refractivity contribution is 0.414. The van der Waals surface area contributed by atoms with Crippen LogP contribution in [0.4, 0.5) is 5.82 Å². The Morgan fingerprint density at radius 1 is 1.25 bits per heavy atom. The lowest BCUT2D eigenvalue weighted by atomic mass is 10.2. The highest BCUT2D eigenvalue weighted by molar-refractivity contribution is 6.29. The van der Waals surface area contributed by atoms with E-state index < -0.39 is 0 Å². The van der Waals surface area contributed by atoms with Gasteiger partial charge in [0, 0.05) is 26.1 Å². The van der Waals surface area contributed by atoms with Crippen molar-refractivity contribution in [2.75, 3.05) is 19.1 Å². The summed E-state index contributed by atoms with van der Waals surface area (Å²) in [5.74, 6) is 2.43. The predicted octanol–water partition coefficient (Wildman–Crippen LogP) is 3.34. The number of hydrogen-bond acceptors (Lipinski definition) is 4. The zero-order valence-corrected chi connectivity index (χ0v) is 12.7. The molecule has 1 heterocycles. The SMILES string of the molecule is CCc1nc(Cl)cc(N(C)Cc2cccc(OC)c2)n1. The Hall–Kier alpha value is -1.81. The molecule has 1 aromatic carbocycles. The second kappa shape index (κ2) is 6.57. The molecule has 0 amide bonds. The van der Waals surface area contributed by atoms with Gasteiger partial charge < -0.3 is 9.64 Å². The second-order valence-corrected chi connectivity index (χ2v) is 4.91. The molecule has 1 aromatic heterocycles. The molecule has 0 bridgehead atoms. The lowest BCUT2D eigenvalue weighted by Gasteiger charge is -2.19. The van der Waals surface area contributed by atoms with E-state index in [1.807, 2.05) is 37.1 Å². The number of aromatic nitrogens is 2. The van der Waals surface area contributed by atoms with Gasteiger partial charge in [-0.2, -0.15) is 0 Å². The fourth-order valence-electron chi connectivity index (χ4n) is 1.93. The molecule has 0 saturated heterocycles. The molecule has 2 rings (SSSR count). The highest BCUT2D eigenvalue weighted by Gasteiger charge is 2.08. The number of anilines is 1. The lowest BCUT2D eigenvalue weighted by Crippen LogP contribution is -2.18. The summed E-state index contributed by atoms with van der Waals surface area (Å²) in [6.07, 6.45) is 0.764. The molecule has 20 heavy (non-hydrogen) atoms. The van der Waals surface area contributed by atoms with E-state index in [0.29, 0.717) is 5.15 Å². The number of rotatable bonds is 5. The third-order valence-electron chi connectivity index (χ3n) is 2.99. The van der Waals surface area contributed by atoms with Gasteiger partial charge in [-0.3, -0.25) is 0 Å². The van der Waals surface area contributed by atoms with Crippen molar-refractivity contribution in [3.63, 3.8) is 0 Å². The van der Waals surface area contributed by atoms with Crippen molar-refractivity contribution in [2.45, 2.75) is 19.9 Å². The number of ether oxygens (including phenoxy) is 1. The van der Waals surface area contributed by atoms with Crippen LogP contribution in [0.25, 0.3) is 0 Å². The predicted molar refractivity (Wildman–Crippen MR) is 81.5 cm³/mol. The van der Waals surface area contributed by atoms with Gasteiger partial charge in [-0.15, -0.1) is 0 Å². The first-order valence-electron chi connectivity index (χ1n) is 6.50. The molecule has 0 aliphatic heterocycles.